The molecule has 1 unspecified atom stereocenters. The third-order valence-electron chi connectivity index (χ3n) is 6.25. The van der Waals surface area contributed by atoms with Crippen LogP contribution in [0, 0.1) is 5.92 Å². The summed E-state index contributed by atoms with van der Waals surface area (Å²) in [4.78, 5) is 25.4. The van der Waals surface area contributed by atoms with Crippen LogP contribution < -0.4 is 0 Å². The molecule has 0 aromatic heterocycles. The molecular formula is C22H41NO3. The minimum atomic E-state index is -0.00499. The predicted molar refractivity (Wildman–Crippen MR) is 107 cm³/mol. The lowest BCUT2D eigenvalue weighted by Crippen LogP contribution is -2.60. The number of carbonyl (C=O) groups is 2. The number of piperidine rings is 1. The van der Waals surface area contributed by atoms with Gasteiger partial charge in [-0.2, -0.15) is 0 Å². The third-order valence-corrected chi connectivity index (χ3v) is 6.25. The van der Waals surface area contributed by atoms with Gasteiger partial charge < -0.3 is 9.53 Å². The molecule has 0 aromatic carbocycles. The smallest absolute Gasteiger partial charge is 0.309 e. The summed E-state index contributed by atoms with van der Waals surface area (Å²) in [6.45, 7) is 11.0. The third kappa shape index (κ3) is 7.02. The Hall–Kier alpha value is -0.900. The Balaban J connectivity index is 2.42. The minimum absolute atomic E-state index is 0.00499. The zero-order valence-electron chi connectivity index (χ0n) is 18.0. The molecule has 4 nitrogen and oxygen atoms in total. The number of likely N-dealkylation sites (tertiary alicyclic amines) is 1. The maximum Gasteiger partial charge on any atom is 0.309 e. The second-order valence-electron chi connectivity index (χ2n) is 9.27. The zero-order chi connectivity index (χ0) is 19.8. The Bertz CT molecular complexity index is 427. The topological polar surface area (TPSA) is 46.6 Å². The molecule has 0 N–H and O–H groups in total. The van der Waals surface area contributed by atoms with E-state index < -0.39 is 0 Å². The van der Waals surface area contributed by atoms with E-state index in [1.54, 1.807) is 0 Å². The molecule has 0 aliphatic carbocycles. The van der Waals surface area contributed by atoms with Gasteiger partial charge in [0.05, 0.1) is 5.92 Å². The van der Waals surface area contributed by atoms with Crippen LogP contribution in [-0.4, -0.2) is 41.4 Å². The first kappa shape index (κ1) is 23.1. The number of unbranched alkanes of at least 4 members (excludes halogenated alkanes) is 5. The van der Waals surface area contributed by atoms with Crippen molar-refractivity contribution < 1.29 is 14.3 Å². The molecule has 0 aromatic rings. The molecule has 1 heterocycles. The monoisotopic (exact) mass is 367 g/mol. The number of rotatable bonds is 11. The number of hydrogen-bond donors (Lipinski definition) is 0. The van der Waals surface area contributed by atoms with Crippen LogP contribution in [0.2, 0.25) is 0 Å². The Morgan fingerprint density at radius 1 is 1.08 bits per heavy atom. The van der Waals surface area contributed by atoms with E-state index in [9.17, 15) is 9.59 Å². The maximum absolute atomic E-state index is 12.7. The van der Waals surface area contributed by atoms with Gasteiger partial charge in [-0.25, -0.2) is 0 Å². The molecule has 0 saturated carbocycles. The van der Waals surface area contributed by atoms with Crippen molar-refractivity contribution in [1.29, 1.82) is 0 Å². The van der Waals surface area contributed by atoms with Crippen molar-refractivity contribution in [3.8, 4) is 0 Å². The number of nitrogens with zero attached hydrogens (tertiary/aromatic N) is 1. The van der Waals surface area contributed by atoms with Gasteiger partial charge in [-0.15, -0.1) is 0 Å². The van der Waals surface area contributed by atoms with Crippen LogP contribution >= 0.6 is 0 Å². The lowest BCUT2D eigenvalue weighted by molar-refractivity contribution is -0.164. The Morgan fingerprint density at radius 3 is 2.15 bits per heavy atom. The summed E-state index contributed by atoms with van der Waals surface area (Å²) in [7, 11) is 2.17. The highest BCUT2D eigenvalue weighted by atomic mass is 16.5. The van der Waals surface area contributed by atoms with Crippen LogP contribution in [-0.2, 0) is 14.3 Å². The first-order chi connectivity index (χ1) is 12.1. The maximum atomic E-state index is 12.7. The second-order valence-corrected chi connectivity index (χ2v) is 9.27. The zero-order valence-corrected chi connectivity index (χ0v) is 18.0. The summed E-state index contributed by atoms with van der Waals surface area (Å²) < 4.78 is 5.97. The van der Waals surface area contributed by atoms with Crippen molar-refractivity contribution >= 4 is 12.3 Å². The Labute approximate surface area is 161 Å². The van der Waals surface area contributed by atoms with E-state index in [0.29, 0.717) is 6.42 Å². The van der Waals surface area contributed by atoms with Crippen molar-refractivity contribution in [2.24, 2.45) is 5.92 Å². The molecule has 1 rings (SSSR count). The Kier molecular flexibility index (Phi) is 9.29. The van der Waals surface area contributed by atoms with Crippen LogP contribution in [0.5, 0.6) is 0 Å². The molecule has 1 atom stereocenters. The van der Waals surface area contributed by atoms with Crippen molar-refractivity contribution in [3.05, 3.63) is 0 Å². The predicted octanol–water partition coefficient (Wildman–Crippen LogP) is 5.14. The minimum Gasteiger partial charge on any atom is -0.462 e. The molecule has 26 heavy (non-hydrogen) atoms. The fraction of sp³-hybridized carbons (Fsp3) is 0.909. The van der Waals surface area contributed by atoms with Crippen LogP contribution in [0.15, 0.2) is 0 Å². The van der Waals surface area contributed by atoms with E-state index >= 15 is 0 Å². The van der Waals surface area contributed by atoms with E-state index in [1.807, 2.05) is 0 Å². The second kappa shape index (κ2) is 10.4. The van der Waals surface area contributed by atoms with Gasteiger partial charge >= 0.3 is 5.97 Å². The average Bonchev–Trinajstić information content (AvgIpc) is 2.54. The number of hydrogen-bond acceptors (Lipinski definition) is 4. The van der Waals surface area contributed by atoms with E-state index in [-0.39, 0.29) is 29.1 Å². The van der Waals surface area contributed by atoms with Gasteiger partial charge in [-0.1, -0.05) is 32.6 Å². The SMILES string of the molecule is CCC(CCCCCCCC=O)C(=O)OC1CC(C)(C)N(C)C(C)(C)C1. The highest BCUT2D eigenvalue weighted by Crippen LogP contribution is 2.38. The van der Waals surface area contributed by atoms with Crippen molar-refractivity contribution in [2.45, 2.75) is 116 Å². The van der Waals surface area contributed by atoms with Gasteiger partial charge in [0.2, 0.25) is 0 Å². The highest BCUT2D eigenvalue weighted by Gasteiger charge is 2.44. The summed E-state index contributed by atoms with van der Waals surface area (Å²) in [5, 5.41) is 0. The number of ether oxygens (including phenoxy) is 1. The lowest BCUT2D eigenvalue weighted by Gasteiger charge is -2.53. The standard InChI is InChI=1S/C22H41NO3/c1-7-18(14-12-10-8-9-11-13-15-24)20(25)26-19-16-21(2,3)23(6)22(4,5)17-19/h15,18-19H,7-14,16-17H2,1-6H3. The van der Waals surface area contributed by atoms with Crippen molar-refractivity contribution in [1.82, 2.24) is 4.90 Å². The summed E-state index contributed by atoms with van der Waals surface area (Å²) in [5.41, 5.74) is 0.0752. The van der Waals surface area contributed by atoms with Gasteiger partial charge in [0, 0.05) is 30.3 Å². The van der Waals surface area contributed by atoms with Gasteiger partial charge in [-0.3, -0.25) is 9.69 Å². The summed E-state index contributed by atoms with van der Waals surface area (Å²) in [6.07, 6.45) is 10.7. The van der Waals surface area contributed by atoms with Crippen LogP contribution in [0.3, 0.4) is 0 Å². The van der Waals surface area contributed by atoms with E-state index in [0.717, 1.165) is 64.1 Å². The molecule has 152 valence electrons. The fourth-order valence-electron chi connectivity index (χ4n) is 4.26. The van der Waals surface area contributed by atoms with E-state index in [2.05, 4.69) is 46.6 Å². The van der Waals surface area contributed by atoms with Gasteiger partial charge in [0.1, 0.15) is 12.4 Å². The van der Waals surface area contributed by atoms with Gasteiger partial charge in [0.15, 0.2) is 0 Å². The molecule has 4 heteroatoms. The Morgan fingerprint density at radius 2 is 1.62 bits per heavy atom. The molecule has 0 radical (unpaired) electrons. The quantitative estimate of drug-likeness (QED) is 0.288. The van der Waals surface area contributed by atoms with Crippen molar-refractivity contribution in [2.75, 3.05) is 7.05 Å². The van der Waals surface area contributed by atoms with Gasteiger partial charge in [-0.05, 0) is 54.0 Å². The van der Waals surface area contributed by atoms with Crippen molar-refractivity contribution in [3.63, 3.8) is 0 Å². The van der Waals surface area contributed by atoms with Crippen LogP contribution in [0.4, 0.5) is 0 Å². The normalized spacial score (nSPS) is 21.3. The van der Waals surface area contributed by atoms with Gasteiger partial charge in [0.25, 0.3) is 0 Å². The van der Waals surface area contributed by atoms with E-state index in [1.165, 1.54) is 0 Å². The molecule has 1 aliphatic rings. The highest BCUT2D eigenvalue weighted by molar-refractivity contribution is 5.72. The van der Waals surface area contributed by atoms with Crippen LogP contribution in [0.1, 0.15) is 98.8 Å². The van der Waals surface area contributed by atoms with E-state index in [4.69, 9.17) is 4.74 Å². The molecule has 1 saturated heterocycles. The molecular weight excluding hydrogens is 326 g/mol. The average molecular weight is 368 g/mol. The summed E-state index contributed by atoms with van der Waals surface area (Å²) >= 11 is 0. The van der Waals surface area contributed by atoms with Crippen LogP contribution in [0.25, 0.3) is 0 Å². The molecule has 0 bridgehead atoms. The molecule has 1 aliphatic heterocycles. The first-order valence-electron chi connectivity index (χ1n) is 10.5. The summed E-state index contributed by atoms with van der Waals surface area (Å²) in [6, 6.07) is 0. The molecule has 1 fully saturated rings. The fourth-order valence-corrected chi connectivity index (χ4v) is 4.26. The molecule has 0 spiro atoms. The largest absolute Gasteiger partial charge is 0.462 e. The first-order valence-corrected chi connectivity index (χ1v) is 10.5. The number of carbonyl (C=O) groups excluding carboxylic acids is 2. The lowest BCUT2D eigenvalue weighted by atomic mass is 9.78. The molecule has 0 amide bonds. The number of esters is 1. The summed E-state index contributed by atoms with van der Waals surface area (Å²) in [5.74, 6) is 0.0189. The number of aldehydes is 1.